The van der Waals surface area contributed by atoms with Crippen molar-refractivity contribution in [3.63, 3.8) is 0 Å². The molecule has 1 saturated heterocycles. The highest BCUT2D eigenvalue weighted by Gasteiger charge is 2.54. The molecule has 1 N–H and O–H groups in total. The van der Waals surface area contributed by atoms with Gasteiger partial charge in [-0.05, 0) is 32.9 Å². The van der Waals surface area contributed by atoms with Gasteiger partial charge < -0.3 is 10.0 Å². The van der Waals surface area contributed by atoms with Crippen molar-refractivity contribution in [2.75, 3.05) is 20.6 Å². The van der Waals surface area contributed by atoms with Crippen molar-refractivity contribution in [1.29, 1.82) is 0 Å². The molecule has 0 bridgehead atoms. The Labute approximate surface area is 131 Å². The Hall–Kier alpha value is -1.88. The average molecular weight is 304 g/mol. The second-order valence-corrected chi connectivity index (χ2v) is 6.21. The van der Waals surface area contributed by atoms with Gasteiger partial charge >= 0.3 is 5.97 Å². The van der Waals surface area contributed by atoms with Crippen LogP contribution in [0.25, 0.3) is 0 Å². The molecule has 0 aliphatic carbocycles. The number of benzene rings is 1. The minimum Gasteiger partial charge on any atom is -0.480 e. The molecule has 2 rings (SSSR count). The number of carbonyl (C=O) groups is 2. The second kappa shape index (κ2) is 6.08. The highest BCUT2D eigenvalue weighted by molar-refractivity contribution is 5.85. The first kappa shape index (κ1) is 16.5. The summed E-state index contributed by atoms with van der Waals surface area (Å²) in [6, 6.07) is 9.46. The molecular weight excluding hydrogens is 280 g/mol. The lowest BCUT2D eigenvalue weighted by Crippen LogP contribution is -2.46. The van der Waals surface area contributed by atoms with Gasteiger partial charge in [-0.1, -0.05) is 30.3 Å². The zero-order chi connectivity index (χ0) is 16.5. The van der Waals surface area contributed by atoms with Crippen molar-refractivity contribution in [3.05, 3.63) is 35.9 Å². The van der Waals surface area contributed by atoms with E-state index in [1.165, 1.54) is 0 Å². The lowest BCUT2D eigenvalue weighted by atomic mass is 9.89. The van der Waals surface area contributed by atoms with Gasteiger partial charge in [0.1, 0.15) is 5.54 Å². The van der Waals surface area contributed by atoms with Crippen LogP contribution in [0.5, 0.6) is 0 Å². The number of hydrogen-bond acceptors (Lipinski definition) is 3. The molecule has 0 unspecified atom stereocenters. The highest BCUT2D eigenvalue weighted by atomic mass is 16.4. The monoisotopic (exact) mass is 304 g/mol. The van der Waals surface area contributed by atoms with E-state index in [9.17, 15) is 14.7 Å². The maximum absolute atomic E-state index is 12.7. The highest BCUT2D eigenvalue weighted by Crippen LogP contribution is 2.46. The Morgan fingerprint density at radius 3 is 2.45 bits per heavy atom. The predicted octanol–water partition coefficient (Wildman–Crippen LogP) is 2.00. The van der Waals surface area contributed by atoms with Crippen molar-refractivity contribution in [3.8, 4) is 0 Å². The number of likely N-dealkylation sites (N-methyl/N-ethyl adjacent to an activating group) is 1. The zero-order valence-electron chi connectivity index (χ0n) is 13.6. The topological polar surface area (TPSA) is 60.9 Å². The van der Waals surface area contributed by atoms with E-state index in [0.717, 1.165) is 5.56 Å². The smallest absolute Gasteiger partial charge is 0.323 e. The average Bonchev–Trinajstić information content (AvgIpc) is 2.80. The molecular formula is C17H24N2O3. The van der Waals surface area contributed by atoms with Gasteiger partial charge in [0.2, 0.25) is 5.91 Å². The first-order valence-electron chi connectivity index (χ1n) is 7.59. The largest absolute Gasteiger partial charge is 0.480 e. The lowest BCUT2D eigenvalue weighted by molar-refractivity contribution is -0.148. The Balaban J connectivity index is 2.45. The summed E-state index contributed by atoms with van der Waals surface area (Å²) in [4.78, 5) is 28.0. The van der Waals surface area contributed by atoms with Crippen LogP contribution in [0, 0.1) is 5.92 Å². The summed E-state index contributed by atoms with van der Waals surface area (Å²) in [5, 5.41) is 9.64. The van der Waals surface area contributed by atoms with Gasteiger partial charge in [-0.25, -0.2) is 0 Å². The number of hydrogen-bond donors (Lipinski definition) is 1. The summed E-state index contributed by atoms with van der Waals surface area (Å²) in [6.45, 7) is 4.24. The van der Waals surface area contributed by atoms with Gasteiger partial charge in [-0.2, -0.15) is 0 Å². The summed E-state index contributed by atoms with van der Waals surface area (Å²) >= 11 is 0. The molecule has 3 atom stereocenters. The standard InChI is InChI=1S/C17H24N2O3/c1-5-18(3)15(20)13-11-17(2,16(21)22)19(4)14(13)12-9-7-6-8-10-12/h6-10,13-14H,5,11H2,1-4H3,(H,21,22)/t13-,14-,17-/m0/s1. The number of amides is 1. The summed E-state index contributed by atoms with van der Waals surface area (Å²) in [6.07, 6.45) is 0.321. The number of carbonyl (C=O) groups excluding carboxylic acids is 1. The van der Waals surface area contributed by atoms with E-state index in [-0.39, 0.29) is 17.9 Å². The maximum Gasteiger partial charge on any atom is 0.323 e. The van der Waals surface area contributed by atoms with E-state index in [1.807, 2.05) is 42.2 Å². The van der Waals surface area contributed by atoms with E-state index >= 15 is 0 Å². The van der Waals surface area contributed by atoms with Crippen LogP contribution < -0.4 is 0 Å². The van der Waals surface area contributed by atoms with Gasteiger partial charge in [0.25, 0.3) is 0 Å². The van der Waals surface area contributed by atoms with Crippen molar-refractivity contribution < 1.29 is 14.7 Å². The Morgan fingerprint density at radius 2 is 1.95 bits per heavy atom. The van der Waals surface area contributed by atoms with Gasteiger partial charge in [0.05, 0.1) is 5.92 Å². The maximum atomic E-state index is 12.7. The molecule has 0 aromatic heterocycles. The molecule has 1 aliphatic rings. The lowest BCUT2D eigenvalue weighted by Gasteiger charge is -2.32. The molecule has 22 heavy (non-hydrogen) atoms. The van der Waals surface area contributed by atoms with E-state index in [4.69, 9.17) is 0 Å². The number of aliphatic carboxylic acids is 1. The minimum absolute atomic E-state index is 0.00757. The van der Waals surface area contributed by atoms with Crippen LogP contribution in [0.3, 0.4) is 0 Å². The van der Waals surface area contributed by atoms with Gasteiger partial charge in [-0.15, -0.1) is 0 Å². The van der Waals surface area contributed by atoms with Crippen LogP contribution in [0.2, 0.25) is 0 Å². The number of nitrogens with zero attached hydrogens (tertiary/aromatic N) is 2. The molecule has 5 heteroatoms. The molecule has 0 saturated carbocycles. The van der Waals surface area contributed by atoms with Crippen molar-refractivity contribution in [2.45, 2.75) is 31.8 Å². The zero-order valence-corrected chi connectivity index (χ0v) is 13.6. The van der Waals surface area contributed by atoms with Gasteiger partial charge in [-0.3, -0.25) is 14.5 Å². The fourth-order valence-electron chi connectivity index (χ4n) is 3.27. The minimum atomic E-state index is -1.03. The molecule has 1 aromatic carbocycles. The Morgan fingerprint density at radius 1 is 1.36 bits per heavy atom. The molecule has 1 aromatic rings. The third-order valence-electron chi connectivity index (χ3n) is 4.96. The molecule has 120 valence electrons. The van der Waals surface area contributed by atoms with E-state index in [0.29, 0.717) is 13.0 Å². The van der Waals surface area contributed by atoms with Crippen LogP contribution >= 0.6 is 0 Å². The van der Waals surface area contributed by atoms with E-state index < -0.39 is 11.5 Å². The molecule has 0 radical (unpaired) electrons. The van der Waals surface area contributed by atoms with Crippen molar-refractivity contribution >= 4 is 11.9 Å². The third kappa shape index (κ3) is 2.61. The van der Waals surface area contributed by atoms with E-state index in [2.05, 4.69) is 0 Å². The summed E-state index contributed by atoms with van der Waals surface area (Å²) in [5.74, 6) is -1.22. The van der Waals surface area contributed by atoms with E-state index in [1.54, 1.807) is 25.9 Å². The van der Waals surface area contributed by atoms with Crippen molar-refractivity contribution in [1.82, 2.24) is 9.80 Å². The number of carboxylic acids is 1. The Kier molecular flexibility index (Phi) is 4.56. The van der Waals surface area contributed by atoms with Gasteiger partial charge in [0, 0.05) is 19.6 Å². The Bertz CT molecular complexity index is 560. The third-order valence-corrected chi connectivity index (χ3v) is 4.96. The van der Waals surface area contributed by atoms with Crippen LogP contribution in [-0.4, -0.2) is 53.0 Å². The van der Waals surface area contributed by atoms with Crippen LogP contribution in [0.1, 0.15) is 31.9 Å². The number of likely N-dealkylation sites (tertiary alicyclic amines) is 1. The molecule has 1 heterocycles. The fraction of sp³-hybridized carbons (Fsp3) is 0.529. The van der Waals surface area contributed by atoms with Crippen LogP contribution in [0.4, 0.5) is 0 Å². The van der Waals surface area contributed by atoms with Crippen LogP contribution in [-0.2, 0) is 9.59 Å². The first-order chi connectivity index (χ1) is 10.3. The fourth-order valence-corrected chi connectivity index (χ4v) is 3.27. The molecule has 0 spiro atoms. The quantitative estimate of drug-likeness (QED) is 0.924. The van der Waals surface area contributed by atoms with Crippen molar-refractivity contribution in [2.24, 2.45) is 5.92 Å². The molecule has 5 nitrogen and oxygen atoms in total. The summed E-state index contributed by atoms with van der Waals surface area (Å²) in [7, 11) is 3.56. The SMILES string of the molecule is CCN(C)C(=O)[C@H]1C[C@@](C)(C(=O)O)N(C)[C@H]1c1ccccc1. The molecule has 1 aliphatic heterocycles. The van der Waals surface area contributed by atoms with Gasteiger partial charge in [0.15, 0.2) is 0 Å². The molecule has 1 fully saturated rings. The summed E-state index contributed by atoms with van der Waals surface area (Å²) < 4.78 is 0. The normalized spacial score (nSPS) is 28.5. The number of carboxylic acid groups (broad SMARTS) is 1. The molecule has 1 amide bonds. The first-order valence-corrected chi connectivity index (χ1v) is 7.59. The predicted molar refractivity (Wildman–Crippen MR) is 84.4 cm³/mol. The van der Waals surface area contributed by atoms with Crippen LogP contribution in [0.15, 0.2) is 30.3 Å². The number of rotatable bonds is 4. The second-order valence-electron chi connectivity index (χ2n) is 6.21. The summed E-state index contributed by atoms with van der Waals surface area (Å²) in [5.41, 5.74) is -0.0482.